The minimum absolute atomic E-state index is 0.0385. The van der Waals surface area contributed by atoms with Gasteiger partial charge in [0.2, 0.25) is 0 Å². The predicted molar refractivity (Wildman–Crippen MR) is 110 cm³/mol. The van der Waals surface area contributed by atoms with Crippen LogP contribution in [0.25, 0.3) is 20.7 Å². The fourth-order valence-electron chi connectivity index (χ4n) is 3.53. The Morgan fingerprint density at radius 2 is 1.86 bits per heavy atom. The maximum Gasteiger partial charge on any atom is 0.262 e. The van der Waals surface area contributed by atoms with E-state index in [0.29, 0.717) is 24.3 Å². The second-order valence-electron chi connectivity index (χ2n) is 6.80. The van der Waals surface area contributed by atoms with Gasteiger partial charge in [0, 0.05) is 4.88 Å². The number of aryl methyl sites for hydroxylation is 1. The highest BCUT2D eigenvalue weighted by atomic mass is 32.1. The number of hydrogen-bond acceptors (Lipinski definition) is 5. The van der Waals surface area contributed by atoms with Gasteiger partial charge in [-0.25, -0.2) is 4.98 Å². The summed E-state index contributed by atoms with van der Waals surface area (Å²) in [5.74, 6) is 1.44. The molecule has 0 amide bonds. The first-order valence-corrected chi connectivity index (χ1v) is 9.95. The summed E-state index contributed by atoms with van der Waals surface area (Å²) in [6, 6.07) is 17.7. The number of benzene rings is 2. The lowest BCUT2D eigenvalue weighted by atomic mass is 10.1. The fourth-order valence-corrected chi connectivity index (χ4v) is 4.67. The molecule has 1 atom stereocenters. The molecule has 0 saturated heterocycles. The topological polar surface area (TPSA) is 53.4 Å². The molecule has 140 valence electrons. The van der Waals surface area contributed by atoms with Crippen LogP contribution in [0.1, 0.15) is 5.56 Å². The summed E-state index contributed by atoms with van der Waals surface area (Å²) >= 11 is 1.56. The molecular formula is C22H18N2O3S. The molecule has 5 nitrogen and oxygen atoms in total. The number of para-hydroxylation sites is 2. The molecule has 2 aromatic carbocycles. The van der Waals surface area contributed by atoms with Crippen LogP contribution in [0.15, 0.2) is 65.7 Å². The van der Waals surface area contributed by atoms with E-state index in [-0.39, 0.29) is 11.7 Å². The van der Waals surface area contributed by atoms with E-state index in [4.69, 9.17) is 9.47 Å². The number of hydrogen-bond donors (Lipinski definition) is 0. The molecule has 28 heavy (non-hydrogen) atoms. The monoisotopic (exact) mass is 390 g/mol. The zero-order valence-electron chi connectivity index (χ0n) is 15.3. The molecule has 2 aromatic heterocycles. The third kappa shape index (κ3) is 2.86. The first-order valence-electron chi connectivity index (χ1n) is 9.13. The Balaban J connectivity index is 1.49. The molecule has 1 aliphatic rings. The van der Waals surface area contributed by atoms with Crippen LogP contribution < -0.4 is 15.0 Å². The average Bonchev–Trinajstić information content (AvgIpc) is 3.08. The number of ether oxygens (including phenoxy) is 2. The van der Waals surface area contributed by atoms with Gasteiger partial charge in [0.15, 0.2) is 17.6 Å². The molecule has 0 fully saturated rings. The van der Waals surface area contributed by atoms with Gasteiger partial charge in [-0.05, 0) is 30.2 Å². The zero-order valence-corrected chi connectivity index (χ0v) is 16.1. The van der Waals surface area contributed by atoms with Crippen molar-refractivity contribution >= 4 is 21.6 Å². The maximum absolute atomic E-state index is 13.1. The van der Waals surface area contributed by atoms with E-state index in [9.17, 15) is 4.79 Å². The Labute approximate surface area is 165 Å². The van der Waals surface area contributed by atoms with E-state index >= 15 is 0 Å². The van der Waals surface area contributed by atoms with Crippen LogP contribution in [0.3, 0.4) is 0 Å². The predicted octanol–water partition coefficient (Wildman–Crippen LogP) is 4.27. The van der Waals surface area contributed by atoms with E-state index in [1.165, 1.54) is 0 Å². The molecule has 0 aliphatic carbocycles. The summed E-state index contributed by atoms with van der Waals surface area (Å²) in [5, 5.41) is 0.684. The van der Waals surface area contributed by atoms with Crippen molar-refractivity contribution in [2.75, 3.05) is 6.61 Å². The van der Waals surface area contributed by atoms with Gasteiger partial charge in [-0.15, -0.1) is 11.3 Å². The van der Waals surface area contributed by atoms with Crippen molar-refractivity contribution in [3.8, 4) is 21.9 Å². The quantitative estimate of drug-likeness (QED) is 0.524. The molecule has 0 saturated carbocycles. The van der Waals surface area contributed by atoms with Crippen LogP contribution in [0.2, 0.25) is 0 Å². The molecule has 3 heterocycles. The van der Waals surface area contributed by atoms with Crippen molar-refractivity contribution < 1.29 is 9.47 Å². The summed E-state index contributed by atoms with van der Waals surface area (Å²) in [7, 11) is 0. The average molecular weight is 390 g/mol. The lowest BCUT2D eigenvalue weighted by Crippen LogP contribution is -2.36. The third-order valence-electron chi connectivity index (χ3n) is 4.92. The Bertz CT molecular complexity index is 1210. The van der Waals surface area contributed by atoms with E-state index in [2.05, 4.69) is 17.1 Å². The lowest BCUT2D eigenvalue weighted by Gasteiger charge is -2.26. The highest BCUT2D eigenvalue weighted by Crippen LogP contribution is 2.35. The normalized spacial score (nSPS) is 15.7. The molecule has 0 unspecified atom stereocenters. The number of thiophene rings is 1. The van der Waals surface area contributed by atoms with Crippen LogP contribution in [-0.4, -0.2) is 22.3 Å². The van der Waals surface area contributed by atoms with E-state index in [0.717, 1.165) is 26.6 Å². The third-order valence-corrected chi connectivity index (χ3v) is 6.17. The second-order valence-corrected chi connectivity index (χ2v) is 7.80. The molecule has 0 bridgehead atoms. The fraction of sp³-hybridized carbons (Fsp3) is 0.182. The van der Waals surface area contributed by atoms with Crippen LogP contribution in [0, 0.1) is 6.92 Å². The van der Waals surface area contributed by atoms with Gasteiger partial charge in [-0.2, -0.15) is 0 Å². The van der Waals surface area contributed by atoms with Gasteiger partial charge in [-0.1, -0.05) is 42.5 Å². The van der Waals surface area contributed by atoms with E-state index < -0.39 is 0 Å². The molecule has 0 N–H and O–H groups in total. The largest absolute Gasteiger partial charge is 0.486 e. The van der Waals surface area contributed by atoms with Crippen LogP contribution in [0.5, 0.6) is 11.5 Å². The Morgan fingerprint density at radius 3 is 2.68 bits per heavy atom. The van der Waals surface area contributed by atoms with Crippen molar-refractivity contribution in [2.24, 2.45) is 0 Å². The molecule has 4 aromatic rings. The minimum atomic E-state index is -0.237. The summed E-state index contributed by atoms with van der Waals surface area (Å²) in [4.78, 5) is 19.5. The molecule has 6 heteroatoms. The summed E-state index contributed by atoms with van der Waals surface area (Å²) in [5.41, 5.74) is 2.04. The summed E-state index contributed by atoms with van der Waals surface area (Å²) in [6.07, 6.45) is 1.37. The van der Waals surface area contributed by atoms with E-state index in [1.54, 1.807) is 22.2 Å². The highest BCUT2D eigenvalue weighted by Gasteiger charge is 2.23. The second kappa shape index (κ2) is 6.80. The molecule has 5 rings (SSSR count). The SMILES string of the molecule is Cc1c(-c2ccccc2)sc2ncn(C[C@H]3COc4ccccc4O3)c(=O)c12. The standard InChI is InChI=1S/C22H18N2O3S/c1-14-19-21(28-20(14)15-7-3-2-4-8-15)23-13-24(22(19)25)11-16-12-26-17-9-5-6-10-18(17)27-16/h2-10,13,16H,11-12H2,1H3/t16-/m0/s1. The maximum atomic E-state index is 13.1. The van der Waals surface area contributed by atoms with Crippen LogP contribution in [0.4, 0.5) is 0 Å². The van der Waals surface area contributed by atoms with Gasteiger partial charge in [-0.3, -0.25) is 9.36 Å². The van der Waals surface area contributed by atoms with Crippen molar-refractivity contribution in [1.82, 2.24) is 9.55 Å². The number of aromatic nitrogens is 2. The lowest BCUT2D eigenvalue weighted by molar-refractivity contribution is 0.0777. The van der Waals surface area contributed by atoms with Gasteiger partial charge in [0.25, 0.3) is 5.56 Å². The highest BCUT2D eigenvalue weighted by molar-refractivity contribution is 7.22. The van der Waals surface area contributed by atoms with Crippen molar-refractivity contribution in [3.05, 3.63) is 76.8 Å². The Morgan fingerprint density at radius 1 is 1.11 bits per heavy atom. The summed E-state index contributed by atoms with van der Waals surface area (Å²) in [6.45, 7) is 2.79. The van der Waals surface area contributed by atoms with Gasteiger partial charge in [0.1, 0.15) is 11.4 Å². The number of fused-ring (bicyclic) bond motifs is 2. The van der Waals surface area contributed by atoms with Gasteiger partial charge < -0.3 is 9.47 Å². The first-order chi connectivity index (χ1) is 13.7. The molecular weight excluding hydrogens is 372 g/mol. The van der Waals surface area contributed by atoms with Crippen LogP contribution >= 0.6 is 11.3 Å². The first kappa shape index (κ1) is 17.0. The van der Waals surface area contributed by atoms with Gasteiger partial charge >= 0.3 is 0 Å². The molecule has 0 radical (unpaired) electrons. The van der Waals surface area contributed by atoms with Crippen molar-refractivity contribution in [1.29, 1.82) is 0 Å². The van der Waals surface area contributed by atoms with Crippen molar-refractivity contribution in [2.45, 2.75) is 19.6 Å². The molecule has 1 aliphatic heterocycles. The zero-order chi connectivity index (χ0) is 19.1. The van der Waals surface area contributed by atoms with Crippen LogP contribution in [-0.2, 0) is 6.54 Å². The Hall–Kier alpha value is -3.12. The Kier molecular flexibility index (Phi) is 4.13. The number of nitrogens with zero attached hydrogens (tertiary/aromatic N) is 2. The number of rotatable bonds is 3. The smallest absolute Gasteiger partial charge is 0.262 e. The van der Waals surface area contributed by atoms with Gasteiger partial charge in [0.05, 0.1) is 18.3 Å². The molecule has 0 spiro atoms. The minimum Gasteiger partial charge on any atom is -0.486 e. The van der Waals surface area contributed by atoms with Crippen molar-refractivity contribution in [3.63, 3.8) is 0 Å². The van der Waals surface area contributed by atoms with E-state index in [1.807, 2.05) is 49.4 Å². The summed E-state index contributed by atoms with van der Waals surface area (Å²) < 4.78 is 13.4.